The van der Waals surface area contributed by atoms with Gasteiger partial charge in [0.05, 0.1) is 12.4 Å². The Morgan fingerprint density at radius 2 is 2.26 bits per heavy atom. The summed E-state index contributed by atoms with van der Waals surface area (Å²) in [5.41, 5.74) is 0. The Bertz CT molecular complexity index is 508. The van der Waals surface area contributed by atoms with Crippen LogP contribution >= 0.6 is 11.3 Å². The second-order valence-electron chi connectivity index (χ2n) is 4.49. The summed E-state index contributed by atoms with van der Waals surface area (Å²) in [6, 6.07) is 0.320. The third-order valence-electron chi connectivity index (χ3n) is 2.46. The third kappa shape index (κ3) is 4.00. The summed E-state index contributed by atoms with van der Waals surface area (Å²) < 4.78 is 7.48. The molecule has 2 rings (SSSR count). The van der Waals surface area contributed by atoms with Gasteiger partial charge in [-0.05, 0) is 26.8 Å². The first-order chi connectivity index (χ1) is 9.19. The molecular formula is C12H19N5OS. The Kier molecular flexibility index (Phi) is 4.86. The molecule has 1 N–H and O–H groups in total. The van der Waals surface area contributed by atoms with Gasteiger partial charge in [0.15, 0.2) is 5.75 Å². The molecule has 0 amide bonds. The van der Waals surface area contributed by atoms with Crippen LogP contribution in [0.2, 0.25) is 0 Å². The molecule has 0 aromatic carbocycles. The largest absolute Gasteiger partial charge is 0.426 e. The van der Waals surface area contributed by atoms with Crippen LogP contribution in [0, 0.1) is 0 Å². The molecule has 0 aliphatic heterocycles. The van der Waals surface area contributed by atoms with Gasteiger partial charge in [-0.25, -0.2) is 0 Å². The van der Waals surface area contributed by atoms with Gasteiger partial charge in [-0.2, -0.15) is 5.10 Å². The number of hydrogen-bond acceptors (Lipinski definition) is 6. The average molecular weight is 281 g/mol. The minimum Gasteiger partial charge on any atom is -0.426 e. The van der Waals surface area contributed by atoms with Crippen molar-refractivity contribution < 1.29 is 4.74 Å². The first kappa shape index (κ1) is 14.0. The van der Waals surface area contributed by atoms with Gasteiger partial charge in [0, 0.05) is 12.6 Å². The molecule has 0 fully saturated rings. The van der Waals surface area contributed by atoms with Crippen LogP contribution in [0.1, 0.15) is 38.2 Å². The summed E-state index contributed by atoms with van der Waals surface area (Å²) in [6.07, 6.45) is 4.66. The van der Waals surface area contributed by atoms with Crippen molar-refractivity contribution in [2.24, 2.45) is 0 Å². The minimum absolute atomic E-state index is 0.320. The molecular weight excluding hydrogens is 262 g/mol. The molecule has 0 atom stereocenters. The molecule has 2 aromatic heterocycles. The standard InChI is InChI=1S/C12H19N5OS/c1-4-5-13-7-11-15-16-12(19-11)18-10-6-14-17(8-10)9(2)3/h6,8-9,13H,4-5,7H2,1-3H3. The Morgan fingerprint density at radius 1 is 1.42 bits per heavy atom. The van der Waals surface area contributed by atoms with Gasteiger partial charge in [0.2, 0.25) is 0 Å². The highest BCUT2D eigenvalue weighted by Crippen LogP contribution is 2.25. The summed E-state index contributed by atoms with van der Waals surface area (Å²) in [5.74, 6) is 0.693. The molecule has 0 unspecified atom stereocenters. The molecule has 2 heterocycles. The summed E-state index contributed by atoms with van der Waals surface area (Å²) in [4.78, 5) is 0. The third-order valence-corrected chi connectivity index (χ3v) is 3.26. The van der Waals surface area contributed by atoms with Crippen molar-refractivity contribution in [1.29, 1.82) is 0 Å². The smallest absolute Gasteiger partial charge is 0.299 e. The van der Waals surface area contributed by atoms with E-state index in [4.69, 9.17) is 4.74 Å². The van der Waals surface area contributed by atoms with E-state index < -0.39 is 0 Å². The van der Waals surface area contributed by atoms with Crippen molar-refractivity contribution in [3.8, 4) is 10.9 Å². The molecule has 0 radical (unpaired) electrons. The molecule has 7 heteroatoms. The van der Waals surface area contributed by atoms with Gasteiger partial charge in [0.1, 0.15) is 5.01 Å². The van der Waals surface area contributed by atoms with Crippen LogP contribution in [0.25, 0.3) is 0 Å². The van der Waals surface area contributed by atoms with E-state index in [0.717, 1.165) is 24.5 Å². The highest BCUT2D eigenvalue weighted by Gasteiger charge is 2.08. The van der Waals surface area contributed by atoms with Gasteiger partial charge in [-0.3, -0.25) is 4.68 Å². The van der Waals surface area contributed by atoms with Gasteiger partial charge < -0.3 is 10.1 Å². The van der Waals surface area contributed by atoms with E-state index in [1.165, 1.54) is 11.3 Å². The molecule has 19 heavy (non-hydrogen) atoms. The highest BCUT2D eigenvalue weighted by molar-refractivity contribution is 7.13. The molecule has 6 nitrogen and oxygen atoms in total. The van der Waals surface area contributed by atoms with E-state index in [2.05, 4.69) is 41.4 Å². The van der Waals surface area contributed by atoms with Crippen molar-refractivity contribution in [1.82, 2.24) is 25.3 Å². The van der Waals surface area contributed by atoms with Crippen molar-refractivity contribution >= 4 is 11.3 Å². The SMILES string of the molecule is CCCNCc1nnc(Oc2cnn(C(C)C)c2)s1. The van der Waals surface area contributed by atoms with Crippen molar-refractivity contribution in [3.63, 3.8) is 0 Å². The molecule has 0 bridgehead atoms. The number of nitrogens with zero attached hydrogens (tertiary/aromatic N) is 4. The fourth-order valence-electron chi connectivity index (χ4n) is 1.48. The maximum absolute atomic E-state index is 5.63. The first-order valence-corrected chi connectivity index (χ1v) is 7.25. The van der Waals surface area contributed by atoms with Crippen molar-refractivity contribution in [3.05, 3.63) is 17.4 Å². The fraction of sp³-hybridized carbons (Fsp3) is 0.583. The first-order valence-electron chi connectivity index (χ1n) is 6.44. The monoisotopic (exact) mass is 281 g/mol. The second-order valence-corrected chi connectivity index (χ2v) is 5.51. The van der Waals surface area contributed by atoms with E-state index >= 15 is 0 Å². The van der Waals surface area contributed by atoms with Gasteiger partial charge >= 0.3 is 0 Å². The summed E-state index contributed by atoms with van der Waals surface area (Å²) >= 11 is 1.45. The van der Waals surface area contributed by atoms with Crippen LogP contribution in [0.5, 0.6) is 10.9 Å². The average Bonchev–Trinajstić information content (AvgIpc) is 3.00. The van der Waals surface area contributed by atoms with Crippen LogP contribution < -0.4 is 10.1 Å². The molecule has 0 spiro atoms. The lowest BCUT2D eigenvalue weighted by molar-refractivity contribution is 0.468. The zero-order chi connectivity index (χ0) is 13.7. The number of ether oxygens (including phenoxy) is 1. The summed E-state index contributed by atoms with van der Waals surface area (Å²) in [5, 5.41) is 17.1. The van der Waals surface area contributed by atoms with Gasteiger partial charge in [-0.15, -0.1) is 5.10 Å². The van der Waals surface area contributed by atoms with E-state index in [-0.39, 0.29) is 0 Å². The van der Waals surface area contributed by atoms with E-state index in [9.17, 15) is 0 Å². The zero-order valence-corrected chi connectivity index (χ0v) is 12.3. The fourth-order valence-corrected chi connectivity index (χ4v) is 2.16. The van der Waals surface area contributed by atoms with Crippen LogP contribution in [-0.2, 0) is 6.54 Å². The zero-order valence-electron chi connectivity index (χ0n) is 11.5. The maximum Gasteiger partial charge on any atom is 0.299 e. The Balaban J connectivity index is 1.91. The van der Waals surface area contributed by atoms with Crippen molar-refractivity contribution in [2.45, 2.75) is 39.8 Å². The van der Waals surface area contributed by atoms with Crippen LogP contribution in [-0.4, -0.2) is 26.5 Å². The number of rotatable bonds is 7. The van der Waals surface area contributed by atoms with Crippen LogP contribution in [0.3, 0.4) is 0 Å². The van der Waals surface area contributed by atoms with Crippen LogP contribution in [0.4, 0.5) is 0 Å². The van der Waals surface area contributed by atoms with E-state index in [1.807, 2.05) is 10.9 Å². The lowest BCUT2D eigenvalue weighted by Gasteiger charge is -2.02. The second kappa shape index (κ2) is 6.63. The highest BCUT2D eigenvalue weighted by atomic mass is 32.1. The molecule has 0 aliphatic carbocycles. The quantitative estimate of drug-likeness (QED) is 0.790. The lowest BCUT2D eigenvalue weighted by Crippen LogP contribution is -2.13. The predicted molar refractivity (Wildman–Crippen MR) is 74.6 cm³/mol. The number of aromatic nitrogens is 4. The van der Waals surface area contributed by atoms with Gasteiger partial charge in [0.25, 0.3) is 5.19 Å². The van der Waals surface area contributed by atoms with E-state index in [0.29, 0.717) is 17.0 Å². The topological polar surface area (TPSA) is 64.9 Å². The van der Waals surface area contributed by atoms with E-state index in [1.54, 1.807) is 6.20 Å². The summed E-state index contributed by atoms with van der Waals surface area (Å²) in [6.45, 7) is 7.99. The number of nitrogens with one attached hydrogen (secondary N) is 1. The van der Waals surface area contributed by atoms with Crippen LogP contribution in [0.15, 0.2) is 12.4 Å². The Labute approximate surface area is 116 Å². The molecule has 104 valence electrons. The molecule has 0 saturated heterocycles. The predicted octanol–water partition coefficient (Wildman–Crippen LogP) is 2.61. The maximum atomic E-state index is 5.63. The Morgan fingerprint density at radius 3 is 2.95 bits per heavy atom. The molecule has 0 aliphatic rings. The molecule has 2 aromatic rings. The minimum atomic E-state index is 0.320. The van der Waals surface area contributed by atoms with Gasteiger partial charge in [-0.1, -0.05) is 23.4 Å². The van der Waals surface area contributed by atoms with Crippen molar-refractivity contribution in [2.75, 3.05) is 6.54 Å². The normalized spacial score (nSPS) is 11.2. The lowest BCUT2D eigenvalue weighted by atomic mass is 10.4. The number of hydrogen-bond donors (Lipinski definition) is 1. The molecule has 0 saturated carbocycles. The summed E-state index contributed by atoms with van der Waals surface area (Å²) in [7, 11) is 0. The Hall–Kier alpha value is -1.47.